The minimum absolute atomic E-state index is 0.00741. The van der Waals surface area contributed by atoms with Crippen molar-refractivity contribution in [1.82, 2.24) is 0 Å². The third-order valence-electron chi connectivity index (χ3n) is 3.05. The highest BCUT2D eigenvalue weighted by atomic mass is 19.1. The van der Waals surface area contributed by atoms with E-state index in [1.54, 1.807) is 6.07 Å². The smallest absolute Gasteiger partial charge is 0.423 e. The zero-order valence-electron chi connectivity index (χ0n) is 8.15. The summed E-state index contributed by atoms with van der Waals surface area (Å²) in [4.78, 5) is 0. The molecule has 0 spiro atoms. The van der Waals surface area contributed by atoms with Crippen molar-refractivity contribution in [3.8, 4) is 0 Å². The second-order valence-corrected chi connectivity index (χ2v) is 4.05. The number of aliphatic hydroxyl groups excluding tert-OH is 1. The van der Waals surface area contributed by atoms with E-state index in [-0.39, 0.29) is 17.5 Å². The Morgan fingerprint density at radius 3 is 2.40 bits per heavy atom. The van der Waals surface area contributed by atoms with E-state index in [1.807, 2.05) is 0 Å². The number of halogens is 1. The van der Waals surface area contributed by atoms with E-state index >= 15 is 0 Å². The molecule has 80 valence electrons. The number of benzene rings is 1. The predicted octanol–water partition coefficient (Wildman–Crippen LogP) is -0.471. The van der Waals surface area contributed by atoms with E-state index in [1.165, 1.54) is 12.1 Å². The molecule has 1 aliphatic carbocycles. The maximum Gasteiger partial charge on any atom is 0.491 e. The van der Waals surface area contributed by atoms with Gasteiger partial charge in [0.2, 0.25) is 0 Å². The van der Waals surface area contributed by atoms with Crippen molar-refractivity contribution in [3.05, 3.63) is 29.6 Å². The molecule has 1 fully saturated rings. The lowest BCUT2D eigenvalue weighted by Gasteiger charge is -2.13. The summed E-state index contributed by atoms with van der Waals surface area (Å²) in [6.45, 7) is 0.00741. The molecule has 0 bridgehead atoms. The van der Waals surface area contributed by atoms with Crippen LogP contribution in [0.4, 0.5) is 4.39 Å². The summed E-state index contributed by atoms with van der Waals surface area (Å²) in [5.74, 6) is -0.637. The minimum Gasteiger partial charge on any atom is -0.423 e. The van der Waals surface area contributed by atoms with Gasteiger partial charge in [-0.1, -0.05) is 12.1 Å². The molecule has 0 atom stereocenters. The Bertz CT molecular complexity index is 377. The molecule has 0 aliphatic heterocycles. The van der Waals surface area contributed by atoms with Crippen molar-refractivity contribution in [2.45, 2.75) is 18.3 Å². The molecule has 0 unspecified atom stereocenters. The molecule has 0 radical (unpaired) electrons. The Kier molecular flexibility index (Phi) is 2.54. The number of aliphatic hydroxyl groups is 1. The molecule has 2 rings (SSSR count). The van der Waals surface area contributed by atoms with Gasteiger partial charge in [-0.05, 0) is 24.5 Å². The first-order valence-corrected chi connectivity index (χ1v) is 4.86. The molecule has 1 aromatic rings. The molecule has 15 heavy (non-hydrogen) atoms. The fraction of sp³-hybridized carbons (Fsp3) is 0.400. The summed E-state index contributed by atoms with van der Waals surface area (Å²) in [5, 5.41) is 26.8. The maximum atomic E-state index is 13.4. The zero-order valence-corrected chi connectivity index (χ0v) is 8.15. The summed E-state index contributed by atoms with van der Waals surface area (Å²) in [6, 6.07) is 4.27. The van der Waals surface area contributed by atoms with Gasteiger partial charge in [0.1, 0.15) is 5.82 Å². The van der Waals surface area contributed by atoms with Crippen LogP contribution in [0.15, 0.2) is 18.2 Å². The fourth-order valence-electron chi connectivity index (χ4n) is 1.76. The molecule has 3 N–H and O–H groups in total. The second-order valence-electron chi connectivity index (χ2n) is 4.05. The summed E-state index contributed by atoms with van der Waals surface area (Å²) in [7, 11) is -1.79. The Hall–Kier alpha value is -0.905. The predicted molar refractivity (Wildman–Crippen MR) is 54.2 cm³/mol. The molecule has 1 aromatic carbocycles. The van der Waals surface area contributed by atoms with Gasteiger partial charge in [0.25, 0.3) is 0 Å². The molecule has 0 amide bonds. The topological polar surface area (TPSA) is 60.7 Å². The number of rotatable bonds is 3. The third kappa shape index (κ3) is 1.78. The molecule has 0 saturated heterocycles. The quantitative estimate of drug-likeness (QED) is 0.591. The van der Waals surface area contributed by atoms with Gasteiger partial charge >= 0.3 is 7.12 Å². The van der Waals surface area contributed by atoms with E-state index in [0.717, 1.165) is 18.4 Å². The van der Waals surface area contributed by atoms with Gasteiger partial charge in [0.05, 0.1) is 6.61 Å². The average molecular weight is 210 g/mol. The highest BCUT2D eigenvalue weighted by Crippen LogP contribution is 2.47. The standard InChI is InChI=1S/C10H12BFO3/c12-9-5-7(10(6-13)3-4-10)1-2-8(9)11(14)15/h1-2,5,13-15H,3-4,6H2. The van der Waals surface area contributed by atoms with Gasteiger partial charge in [-0.25, -0.2) is 4.39 Å². The first kappa shape index (κ1) is 10.6. The van der Waals surface area contributed by atoms with Gasteiger partial charge < -0.3 is 15.2 Å². The normalized spacial score (nSPS) is 17.6. The van der Waals surface area contributed by atoms with Crippen LogP contribution in [0.5, 0.6) is 0 Å². The first-order valence-electron chi connectivity index (χ1n) is 4.86. The zero-order chi connectivity index (χ0) is 11.1. The highest BCUT2D eigenvalue weighted by Gasteiger charge is 2.44. The SMILES string of the molecule is OCC1(c2ccc(B(O)O)c(F)c2)CC1. The molecule has 0 aromatic heterocycles. The average Bonchev–Trinajstić information content (AvgIpc) is 2.97. The lowest BCUT2D eigenvalue weighted by atomic mass is 9.78. The Morgan fingerprint density at radius 2 is 2.00 bits per heavy atom. The van der Waals surface area contributed by atoms with Crippen LogP contribution < -0.4 is 5.46 Å². The van der Waals surface area contributed by atoms with Crippen LogP contribution in [0.2, 0.25) is 0 Å². The van der Waals surface area contributed by atoms with Crippen LogP contribution >= 0.6 is 0 Å². The van der Waals surface area contributed by atoms with Crippen molar-refractivity contribution < 1.29 is 19.5 Å². The van der Waals surface area contributed by atoms with Crippen LogP contribution in [-0.4, -0.2) is 28.9 Å². The van der Waals surface area contributed by atoms with E-state index in [9.17, 15) is 4.39 Å². The monoisotopic (exact) mass is 210 g/mol. The van der Waals surface area contributed by atoms with Gasteiger partial charge in [-0.3, -0.25) is 0 Å². The summed E-state index contributed by atoms with van der Waals surface area (Å²) in [6.07, 6.45) is 1.70. The minimum atomic E-state index is -1.79. The number of hydrogen-bond donors (Lipinski definition) is 3. The Balaban J connectivity index is 2.34. The number of hydrogen-bond acceptors (Lipinski definition) is 3. The van der Waals surface area contributed by atoms with Gasteiger partial charge in [-0.2, -0.15) is 0 Å². The maximum absolute atomic E-state index is 13.4. The first-order chi connectivity index (χ1) is 7.09. The van der Waals surface area contributed by atoms with Crippen molar-refractivity contribution in [2.24, 2.45) is 0 Å². The Morgan fingerprint density at radius 1 is 1.33 bits per heavy atom. The largest absolute Gasteiger partial charge is 0.491 e. The van der Waals surface area contributed by atoms with Crippen molar-refractivity contribution >= 4 is 12.6 Å². The van der Waals surface area contributed by atoms with Gasteiger partial charge in [0, 0.05) is 10.9 Å². The molecule has 5 heteroatoms. The molecular weight excluding hydrogens is 198 g/mol. The highest BCUT2D eigenvalue weighted by molar-refractivity contribution is 6.58. The molecule has 1 saturated carbocycles. The lowest BCUT2D eigenvalue weighted by molar-refractivity contribution is 0.255. The summed E-state index contributed by atoms with van der Waals surface area (Å²) < 4.78 is 13.4. The van der Waals surface area contributed by atoms with E-state index in [4.69, 9.17) is 15.2 Å². The van der Waals surface area contributed by atoms with Gasteiger partial charge in [-0.15, -0.1) is 0 Å². The fourth-order valence-corrected chi connectivity index (χ4v) is 1.76. The van der Waals surface area contributed by atoms with Crippen molar-refractivity contribution in [1.29, 1.82) is 0 Å². The van der Waals surface area contributed by atoms with E-state index < -0.39 is 12.9 Å². The lowest BCUT2D eigenvalue weighted by Crippen LogP contribution is -2.33. The van der Waals surface area contributed by atoms with Crippen LogP contribution in [0.1, 0.15) is 18.4 Å². The molecule has 1 aliphatic rings. The van der Waals surface area contributed by atoms with Crippen molar-refractivity contribution in [3.63, 3.8) is 0 Å². The summed E-state index contributed by atoms with van der Waals surface area (Å²) in [5.41, 5.74) is 0.305. The third-order valence-corrected chi connectivity index (χ3v) is 3.05. The van der Waals surface area contributed by atoms with Crippen LogP contribution in [-0.2, 0) is 5.41 Å². The molecular formula is C10H12BFO3. The van der Waals surface area contributed by atoms with E-state index in [2.05, 4.69) is 0 Å². The van der Waals surface area contributed by atoms with E-state index in [0.29, 0.717) is 0 Å². The summed E-state index contributed by atoms with van der Waals surface area (Å²) >= 11 is 0. The van der Waals surface area contributed by atoms with Crippen LogP contribution in [0.25, 0.3) is 0 Å². The van der Waals surface area contributed by atoms with Gasteiger partial charge in [0.15, 0.2) is 0 Å². The second kappa shape index (κ2) is 3.59. The van der Waals surface area contributed by atoms with Crippen LogP contribution in [0.3, 0.4) is 0 Å². The van der Waals surface area contributed by atoms with Crippen molar-refractivity contribution in [2.75, 3.05) is 6.61 Å². The molecule has 3 nitrogen and oxygen atoms in total. The Labute approximate surface area is 87.3 Å². The molecule has 0 heterocycles. The van der Waals surface area contributed by atoms with Crippen LogP contribution in [0, 0.1) is 5.82 Å².